The lowest BCUT2D eigenvalue weighted by atomic mass is 10.5. The third kappa shape index (κ3) is 1.68. The molecule has 1 aliphatic rings. The van der Waals surface area contributed by atoms with Gasteiger partial charge in [-0.05, 0) is 6.26 Å². The van der Waals surface area contributed by atoms with E-state index >= 15 is 0 Å². The molecule has 0 saturated carbocycles. The Balaban J connectivity index is 3.04. The van der Waals surface area contributed by atoms with Crippen LogP contribution in [0.2, 0.25) is 0 Å². The van der Waals surface area contributed by atoms with Gasteiger partial charge in [0.15, 0.2) is 0 Å². The van der Waals surface area contributed by atoms with Crippen LogP contribution in [0.3, 0.4) is 0 Å². The summed E-state index contributed by atoms with van der Waals surface area (Å²) in [5, 5.41) is 0.913. The number of alkyl halides is 1. The summed E-state index contributed by atoms with van der Waals surface area (Å²) in [4.78, 5) is 0.823. The summed E-state index contributed by atoms with van der Waals surface area (Å²) in [5.41, 5.74) is 0. The lowest BCUT2D eigenvalue weighted by Gasteiger charge is -2.03. The van der Waals surface area contributed by atoms with E-state index in [2.05, 4.69) is 0 Å². The fraction of sp³-hybridized carbons (Fsp3) is 0.333. The second-order valence-corrected chi connectivity index (χ2v) is 4.35. The van der Waals surface area contributed by atoms with E-state index in [1.165, 1.54) is 11.8 Å². The van der Waals surface area contributed by atoms with Crippen molar-refractivity contribution in [3.05, 3.63) is 20.0 Å². The van der Waals surface area contributed by atoms with Crippen LogP contribution in [0.4, 0.5) is 0 Å². The number of allylic oxidation sites excluding steroid dienone is 4. The molecular weight excluding hydrogens is 246 g/mol. The van der Waals surface area contributed by atoms with E-state index in [4.69, 9.17) is 46.4 Å². The molecule has 1 unspecified atom stereocenters. The number of thioether (sulfide) groups is 1. The smallest absolute Gasteiger partial charge is 0.103 e. The van der Waals surface area contributed by atoms with Gasteiger partial charge in [-0.3, -0.25) is 0 Å². The summed E-state index contributed by atoms with van der Waals surface area (Å²) >= 11 is 24.7. The van der Waals surface area contributed by atoms with Crippen LogP contribution >= 0.6 is 58.2 Å². The van der Waals surface area contributed by atoms with E-state index in [0.717, 1.165) is 4.91 Å². The molecule has 0 aromatic rings. The second kappa shape index (κ2) is 3.80. The zero-order valence-corrected chi connectivity index (χ0v) is 9.34. The monoisotopic (exact) mass is 248 g/mol. The molecule has 0 aromatic carbocycles. The average molecular weight is 250 g/mol. The molecule has 1 rings (SSSR count). The van der Waals surface area contributed by atoms with Crippen molar-refractivity contribution in [2.75, 3.05) is 6.26 Å². The first-order valence-corrected chi connectivity index (χ1v) is 5.52. The fourth-order valence-electron chi connectivity index (χ4n) is 0.744. The highest BCUT2D eigenvalue weighted by Crippen LogP contribution is 2.45. The Hall–Kier alpha value is 0.990. The highest BCUT2D eigenvalue weighted by molar-refractivity contribution is 8.02. The summed E-state index contributed by atoms with van der Waals surface area (Å²) in [7, 11) is 0. The van der Waals surface area contributed by atoms with Gasteiger partial charge in [-0.25, -0.2) is 0 Å². The molecular formula is C6H4Cl4S. The predicted octanol–water partition coefficient (Wildman–Crippen LogP) is 4.11. The van der Waals surface area contributed by atoms with Gasteiger partial charge in [0.05, 0.1) is 15.1 Å². The van der Waals surface area contributed by atoms with E-state index in [-0.39, 0.29) is 5.38 Å². The van der Waals surface area contributed by atoms with E-state index in [1.807, 2.05) is 6.26 Å². The Morgan fingerprint density at radius 2 is 1.73 bits per heavy atom. The number of hydrogen-bond acceptors (Lipinski definition) is 1. The fourth-order valence-corrected chi connectivity index (χ4v) is 2.97. The Bertz CT molecular complexity index is 243. The third-order valence-electron chi connectivity index (χ3n) is 1.29. The van der Waals surface area contributed by atoms with Gasteiger partial charge in [0.2, 0.25) is 0 Å². The van der Waals surface area contributed by atoms with Crippen molar-refractivity contribution in [2.45, 2.75) is 5.38 Å². The van der Waals surface area contributed by atoms with Crippen molar-refractivity contribution >= 4 is 58.2 Å². The van der Waals surface area contributed by atoms with Gasteiger partial charge in [-0.2, -0.15) is 0 Å². The summed E-state index contributed by atoms with van der Waals surface area (Å²) < 4.78 is 0. The Kier molecular flexibility index (Phi) is 3.48. The van der Waals surface area contributed by atoms with Gasteiger partial charge < -0.3 is 0 Å². The Morgan fingerprint density at radius 3 is 1.91 bits per heavy atom. The molecule has 0 saturated heterocycles. The molecule has 0 radical (unpaired) electrons. The SMILES string of the molecule is CSC1=C(Cl)C(Cl)=C(Cl)C1Cl. The van der Waals surface area contributed by atoms with Gasteiger partial charge in [0.1, 0.15) is 5.38 Å². The van der Waals surface area contributed by atoms with E-state index in [1.54, 1.807) is 0 Å². The molecule has 0 aliphatic heterocycles. The van der Waals surface area contributed by atoms with Crippen LogP contribution in [0.15, 0.2) is 20.0 Å². The minimum absolute atomic E-state index is 0.355. The molecule has 62 valence electrons. The zero-order chi connectivity index (χ0) is 8.59. The quantitative estimate of drug-likeness (QED) is 0.631. The highest BCUT2D eigenvalue weighted by atomic mass is 35.5. The van der Waals surface area contributed by atoms with Gasteiger partial charge in [0.25, 0.3) is 0 Å². The molecule has 0 heterocycles. The molecule has 1 aliphatic carbocycles. The van der Waals surface area contributed by atoms with Crippen LogP contribution in [0.25, 0.3) is 0 Å². The zero-order valence-electron chi connectivity index (χ0n) is 5.50. The minimum atomic E-state index is -0.355. The van der Waals surface area contributed by atoms with Gasteiger partial charge in [-0.15, -0.1) is 23.4 Å². The van der Waals surface area contributed by atoms with Crippen LogP contribution in [-0.4, -0.2) is 11.6 Å². The molecule has 5 heteroatoms. The molecule has 1 atom stereocenters. The summed E-state index contributed by atoms with van der Waals surface area (Å²) in [6.45, 7) is 0. The first kappa shape index (κ1) is 10.1. The van der Waals surface area contributed by atoms with Gasteiger partial charge in [0, 0.05) is 4.91 Å². The average Bonchev–Trinajstić information content (AvgIpc) is 2.17. The number of halogens is 4. The highest BCUT2D eigenvalue weighted by Gasteiger charge is 2.29. The molecule has 0 amide bonds. The number of rotatable bonds is 1. The lowest BCUT2D eigenvalue weighted by molar-refractivity contribution is 1.38. The molecule has 0 fully saturated rings. The standard InChI is InChI=1S/C6H4Cl4S/c1-11-6-4(9)2(7)3(8)5(6)10/h4H,1H3. The van der Waals surface area contributed by atoms with Crippen LogP contribution in [0.1, 0.15) is 0 Å². The Morgan fingerprint density at radius 1 is 1.18 bits per heavy atom. The largest absolute Gasteiger partial charge is 0.130 e. The predicted molar refractivity (Wildman–Crippen MR) is 54.8 cm³/mol. The normalized spacial score (nSPS) is 25.4. The van der Waals surface area contributed by atoms with Crippen molar-refractivity contribution < 1.29 is 0 Å². The van der Waals surface area contributed by atoms with Gasteiger partial charge in [-0.1, -0.05) is 34.8 Å². The third-order valence-corrected chi connectivity index (χ3v) is 4.35. The molecule has 0 bridgehead atoms. The van der Waals surface area contributed by atoms with E-state index in [9.17, 15) is 0 Å². The van der Waals surface area contributed by atoms with Crippen molar-refractivity contribution in [1.29, 1.82) is 0 Å². The van der Waals surface area contributed by atoms with E-state index < -0.39 is 0 Å². The second-order valence-electron chi connectivity index (χ2n) is 1.91. The molecule has 0 spiro atoms. The maximum atomic E-state index is 5.88. The van der Waals surface area contributed by atoms with Crippen molar-refractivity contribution in [3.63, 3.8) is 0 Å². The van der Waals surface area contributed by atoms with Crippen LogP contribution in [-0.2, 0) is 0 Å². The Labute approximate surface area is 89.5 Å². The summed E-state index contributed by atoms with van der Waals surface area (Å²) in [6.07, 6.45) is 1.88. The first-order chi connectivity index (χ1) is 5.09. The lowest BCUT2D eigenvalue weighted by Crippen LogP contribution is -1.94. The van der Waals surface area contributed by atoms with E-state index in [0.29, 0.717) is 15.1 Å². The maximum absolute atomic E-state index is 5.88. The van der Waals surface area contributed by atoms with Crippen molar-refractivity contribution in [1.82, 2.24) is 0 Å². The van der Waals surface area contributed by atoms with Crippen LogP contribution in [0, 0.1) is 0 Å². The molecule has 11 heavy (non-hydrogen) atoms. The summed E-state index contributed by atoms with van der Waals surface area (Å²) in [5.74, 6) is 0. The first-order valence-electron chi connectivity index (χ1n) is 2.72. The summed E-state index contributed by atoms with van der Waals surface area (Å²) in [6, 6.07) is 0. The number of hydrogen-bond donors (Lipinski definition) is 0. The van der Waals surface area contributed by atoms with Crippen LogP contribution in [0.5, 0.6) is 0 Å². The van der Waals surface area contributed by atoms with Crippen LogP contribution < -0.4 is 0 Å². The van der Waals surface area contributed by atoms with Gasteiger partial charge >= 0.3 is 0 Å². The molecule has 0 aromatic heterocycles. The topological polar surface area (TPSA) is 0 Å². The molecule has 0 N–H and O–H groups in total. The van der Waals surface area contributed by atoms with Crippen molar-refractivity contribution in [2.24, 2.45) is 0 Å². The minimum Gasteiger partial charge on any atom is -0.130 e. The van der Waals surface area contributed by atoms with Crippen molar-refractivity contribution in [3.8, 4) is 0 Å². The maximum Gasteiger partial charge on any atom is 0.103 e. The molecule has 0 nitrogen and oxygen atoms in total.